The van der Waals surface area contributed by atoms with Crippen LogP contribution >= 0.6 is 0 Å². The van der Waals surface area contributed by atoms with Crippen molar-refractivity contribution in [2.75, 3.05) is 13.2 Å². The molecule has 4 heteroatoms. The molecule has 1 aliphatic rings. The molecule has 2 aromatic carbocycles. The first-order valence-corrected chi connectivity index (χ1v) is 15.4. The summed E-state index contributed by atoms with van der Waals surface area (Å²) in [5.41, 5.74) is 7.21. The van der Waals surface area contributed by atoms with Crippen LogP contribution in [0.2, 0.25) is 0 Å². The topological polar surface area (TPSA) is 64.5 Å². The lowest BCUT2D eigenvalue weighted by atomic mass is 9.79. The Kier molecular flexibility index (Phi) is 10.4. The summed E-state index contributed by atoms with van der Waals surface area (Å²) in [4.78, 5) is 0. The number of aliphatic hydroxyl groups excluding tert-OH is 2. The van der Waals surface area contributed by atoms with E-state index in [1.807, 2.05) is 0 Å². The van der Waals surface area contributed by atoms with Gasteiger partial charge >= 0.3 is 0 Å². The molecule has 3 rings (SSSR count). The Morgan fingerprint density at radius 1 is 0.550 bits per heavy atom. The van der Waals surface area contributed by atoms with Crippen molar-refractivity contribution < 1.29 is 10.2 Å². The summed E-state index contributed by atoms with van der Waals surface area (Å²) < 4.78 is 0. The normalized spacial score (nSPS) is 19.2. The molecule has 1 saturated carbocycles. The highest BCUT2D eigenvalue weighted by Gasteiger charge is 2.28. The minimum atomic E-state index is -0.268. The molecule has 4 nitrogen and oxygen atoms in total. The molecule has 4 N–H and O–H groups in total. The molecule has 0 saturated heterocycles. The fourth-order valence-electron chi connectivity index (χ4n) is 5.54. The van der Waals surface area contributed by atoms with Crippen LogP contribution in [0, 0.1) is 0 Å². The first-order chi connectivity index (χ1) is 18.5. The smallest absolute Gasteiger partial charge is 0.0522 e. The summed E-state index contributed by atoms with van der Waals surface area (Å²) in [6.45, 7) is 24.0. The Bertz CT molecular complexity index is 1030. The van der Waals surface area contributed by atoms with Crippen LogP contribution < -0.4 is 10.6 Å². The van der Waals surface area contributed by atoms with E-state index in [4.69, 9.17) is 0 Å². The summed E-state index contributed by atoms with van der Waals surface area (Å²) in [5.74, 6) is 0. The van der Waals surface area contributed by atoms with Crippen molar-refractivity contribution >= 4 is 0 Å². The molecule has 0 spiro atoms. The maximum Gasteiger partial charge on any atom is 0.0522 e. The lowest BCUT2D eigenvalue weighted by molar-refractivity contribution is 0.218. The van der Waals surface area contributed by atoms with Crippen LogP contribution in [-0.4, -0.2) is 35.5 Å². The standard InChI is InChI=1S/C36H58N2O2/c1-33(2,3)27-15-25(17-29(19-27)35(7,8)23-39)21-37-31-13-11-12-14-32(31)38-22-26-16-28(34(4,5)6)20-30(18-26)36(9,10)24-40/h15-20,31-32,37-40H,11-14,21-24H2,1-10H3/t31-,32-/m1/s1. The summed E-state index contributed by atoms with van der Waals surface area (Å²) in [6.07, 6.45) is 4.87. The van der Waals surface area contributed by atoms with E-state index in [2.05, 4.69) is 116 Å². The molecule has 0 radical (unpaired) electrons. The minimum Gasteiger partial charge on any atom is -0.395 e. The number of hydrogen-bond donors (Lipinski definition) is 4. The van der Waals surface area contributed by atoms with Crippen molar-refractivity contribution in [2.24, 2.45) is 0 Å². The molecule has 1 fully saturated rings. The summed E-state index contributed by atoms with van der Waals surface area (Å²) >= 11 is 0. The Hall–Kier alpha value is -1.72. The van der Waals surface area contributed by atoms with Gasteiger partial charge < -0.3 is 20.8 Å². The summed E-state index contributed by atoms with van der Waals surface area (Å²) in [6, 6.07) is 14.7. The summed E-state index contributed by atoms with van der Waals surface area (Å²) in [7, 11) is 0. The van der Waals surface area contributed by atoms with Crippen molar-refractivity contribution in [3.63, 3.8) is 0 Å². The fraction of sp³-hybridized carbons (Fsp3) is 0.667. The zero-order valence-corrected chi connectivity index (χ0v) is 27.2. The largest absolute Gasteiger partial charge is 0.395 e. The predicted octanol–water partition coefficient (Wildman–Crippen LogP) is 7.01. The summed E-state index contributed by atoms with van der Waals surface area (Å²) in [5, 5.41) is 28.0. The molecule has 2 atom stereocenters. The molecule has 0 amide bonds. The molecule has 0 bridgehead atoms. The third-order valence-electron chi connectivity index (χ3n) is 8.97. The third-order valence-corrected chi connectivity index (χ3v) is 8.97. The van der Waals surface area contributed by atoms with Crippen LogP contribution in [0.3, 0.4) is 0 Å². The highest BCUT2D eigenvalue weighted by Crippen LogP contribution is 2.32. The van der Waals surface area contributed by atoms with Gasteiger partial charge in [0.05, 0.1) is 13.2 Å². The monoisotopic (exact) mass is 550 g/mol. The van der Waals surface area contributed by atoms with Gasteiger partial charge in [0.2, 0.25) is 0 Å². The van der Waals surface area contributed by atoms with Crippen LogP contribution in [0.15, 0.2) is 36.4 Å². The first kappa shape index (κ1) is 32.8. The molecule has 0 aromatic heterocycles. The lowest BCUT2D eigenvalue weighted by Gasteiger charge is -2.34. The molecule has 0 heterocycles. The number of nitrogens with one attached hydrogen (secondary N) is 2. The molecule has 40 heavy (non-hydrogen) atoms. The van der Waals surface area contributed by atoms with Gasteiger partial charge in [-0.15, -0.1) is 0 Å². The van der Waals surface area contributed by atoms with Gasteiger partial charge in [0, 0.05) is 36.0 Å². The van der Waals surface area contributed by atoms with E-state index < -0.39 is 0 Å². The van der Waals surface area contributed by atoms with Gasteiger partial charge in [-0.25, -0.2) is 0 Å². The maximum absolute atomic E-state index is 10.1. The molecule has 0 unspecified atom stereocenters. The van der Waals surface area contributed by atoms with Crippen LogP contribution in [-0.2, 0) is 34.7 Å². The van der Waals surface area contributed by atoms with Crippen molar-refractivity contribution in [3.05, 3.63) is 69.8 Å². The lowest BCUT2D eigenvalue weighted by Crippen LogP contribution is -2.49. The maximum atomic E-state index is 10.1. The van der Waals surface area contributed by atoms with Crippen molar-refractivity contribution in [1.29, 1.82) is 0 Å². The van der Waals surface area contributed by atoms with Crippen LogP contribution in [0.5, 0.6) is 0 Å². The second kappa shape index (κ2) is 12.7. The van der Waals surface area contributed by atoms with E-state index in [9.17, 15) is 10.2 Å². The SMILES string of the molecule is CC(C)(C)c1cc(CN[C@@H]2CCCC[C@H]2NCc2cc(C(C)(C)C)cc(C(C)(C)CO)c2)cc(C(C)(C)CO)c1. The van der Waals surface area contributed by atoms with Gasteiger partial charge in [-0.3, -0.25) is 0 Å². The van der Waals surface area contributed by atoms with Crippen molar-refractivity contribution in [1.82, 2.24) is 10.6 Å². The van der Waals surface area contributed by atoms with E-state index >= 15 is 0 Å². The van der Waals surface area contributed by atoms with Gasteiger partial charge in [-0.05, 0) is 57.1 Å². The van der Waals surface area contributed by atoms with Gasteiger partial charge in [0.1, 0.15) is 0 Å². The molecule has 1 aliphatic carbocycles. The quantitative estimate of drug-likeness (QED) is 0.257. The minimum absolute atomic E-state index is 0.0518. The molecular weight excluding hydrogens is 492 g/mol. The van der Waals surface area contributed by atoms with E-state index in [1.54, 1.807) is 0 Å². The van der Waals surface area contributed by atoms with E-state index in [1.165, 1.54) is 59.1 Å². The van der Waals surface area contributed by atoms with Crippen molar-refractivity contribution in [3.8, 4) is 0 Å². The number of rotatable bonds is 10. The van der Waals surface area contributed by atoms with Gasteiger partial charge in [-0.1, -0.05) is 118 Å². The second-order valence-corrected chi connectivity index (χ2v) is 15.7. The van der Waals surface area contributed by atoms with E-state index in [-0.39, 0.29) is 34.9 Å². The average Bonchev–Trinajstić information content (AvgIpc) is 2.89. The first-order valence-electron chi connectivity index (χ1n) is 15.4. The Balaban J connectivity index is 1.78. The highest BCUT2D eigenvalue weighted by atomic mass is 16.3. The van der Waals surface area contributed by atoms with Crippen LogP contribution in [0.25, 0.3) is 0 Å². The molecular formula is C36H58N2O2. The zero-order chi connectivity index (χ0) is 29.9. The number of benzene rings is 2. The molecule has 224 valence electrons. The van der Waals surface area contributed by atoms with Gasteiger partial charge in [-0.2, -0.15) is 0 Å². The number of hydrogen-bond acceptors (Lipinski definition) is 4. The van der Waals surface area contributed by atoms with Crippen molar-refractivity contribution in [2.45, 2.75) is 142 Å². The predicted molar refractivity (Wildman–Crippen MR) is 170 cm³/mol. The Morgan fingerprint density at radius 3 is 1.18 bits per heavy atom. The Morgan fingerprint density at radius 2 is 0.875 bits per heavy atom. The molecule has 0 aliphatic heterocycles. The number of aliphatic hydroxyl groups is 2. The van der Waals surface area contributed by atoms with Crippen LogP contribution in [0.4, 0.5) is 0 Å². The zero-order valence-electron chi connectivity index (χ0n) is 27.2. The van der Waals surface area contributed by atoms with Gasteiger partial charge in [0.15, 0.2) is 0 Å². The second-order valence-electron chi connectivity index (χ2n) is 15.7. The molecule has 2 aromatic rings. The Labute approximate surface area is 245 Å². The van der Waals surface area contributed by atoms with Gasteiger partial charge in [0.25, 0.3) is 0 Å². The average molecular weight is 551 g/mol. The van der Waals surface area contributed by atoms with E-state index in [0.29, 0.717) is 12.1 Å². The van der Waals surface area contributed by atoms with E-state index in [0.717, 1.165) is 13.1 Å². The third kappa shape index (κ3) is 8.41. The highest BCUT2D eigenvalue weighted by molar-refractivity contribution is 5.39. The fourth-order valence-corrected chi connectivity index (χ4v) is 5.54. The van der Waals surface area contributed by atoms with Crippen LogP contribution in [0.1, 0.15) is 128 Å².